The molecule has 3 nitrogen and oxygen atoms in total. The fourth-order valence-electron chi connectivity index (χ4n) is 2.71. The van der Waals surface area contributed by atoms with E-state index in [2.05, 4.69) is 5.32 Å². The maximum atomic E-state index is 12.6. The average molecular weight is 296 g/mol. The molecule has 1 aliphatic carbocycles. The Morgan fingerprint density at radius 2 is 2.00 bits per heavy atom. The van der Waals surface area contributed by atoms with E-state index in [9.17, 15) is 4.79 Å². The number of esters is 1. The van der Waals surface area contributed by atoms with E-state index in [0.29, 0.717) is 17.5 Å². The molecule has 1 unspecified atom stereocenters. The fraction of sp³-hybridized carbons (Fsp3) is 0.562. The van der Waals surface area contributed by atoms with Crippen molar-refractivity contribution in [1.29, 1.82) is 0 Å². The zero-order chi connectivity index (χ0) is 14.8. The maximum Gasteiger partial charge on any atom is 0.331 e. The van der Waals surface area contributed by atoms with Crippen LogP contribution in [0.25, 0.3) is 0 Å². The smallest absolute Gasteiger partial charge is 0.331 e. The van der Waals surface area contributed by atoms with Gasteiger partial charge in [-0.15, -0.1) is 0 Å². The van der Waals surface area contributed by atoms with Gasteiger partial charge >= 0.3 is 5.97 Å². The topological polar surface area (TPSA) is 38.3 Å². The second kappa shape index (κ2) is 6.15. The van der Waals surface area contributed by atoms with E-state index >= 15 is 0 Å². The Morgan fingerprint density at radius 1 is 1.40 bits per heavy atom. The summed E-state index contributed by atoms with van der Waals surface area (Å²) in [5.41, 5.74) is 0.200. The van der Waals surface area contributed by atoms with Crippen molar-refractivity contribution in [2.75, 3.05) is 6.61 Å². The van der Waals surface area contributed by atoms with Gasteiger partial charge in [0.05, 0.1) is 6.61 Å². The number of halogens is 1. The van der Waals surface area contributed by atoms with Gasteiger partial charge in [-0.25, -0.2) is 4.79 Å². The van der Waals surface area contributed by atoms with E-state index in [0.717, 1.165) is 18.4 Å². The van der Waals surface area contributed by atoms with Crippen molar-refractivity contribution in [3.63, 3.8) is 0 Å². The molecule has 0 spiro atoms. The summed E-state index contributed by atoms with van der Waals surface area (Å²) in [6.07, 6.45) is 2.09. The quantitative estimate of drug-likeness (QED) is 0.816. The summed E-state index contributed by atoms with van der Waals surface area (Å²) in [6.45, 7) is 6.33. The second-order valence-electron chi connectivity index (χ2n) is 5.61. The number of benzene rings is 1. The molecule has 4 heteroatoms. The van der Waals surface area contributed by atoms with Gasteiger partial charge < -0.3 is 4.74 Å². The number of rotatable bonds is 6. The van der Waals surface area contributed by atoms with Crippen LogP contribution in [0, 0.1) is 5.92 Å². The Morgan fingerprint density at radius 3 is 2.45 bits per heavy atom. The van der Waals surface area contributed by atoms with Gasteiger partial charge in [0, 0.05) is 11.1 Å². The monoisotopic (exact) mass is 295 g/mol. The van der Waals surface area contributed by atoms with Crippen molar-refractivity contribution >= 4 is 17.6 Å². The molecule has 1 atom stereocenters. The molecule has 1 N–H and O–H groups in total. The lowest BCUT2D eigenvalue weighted by molar-refractivity contribution is -0.153. The van der Waals surface area contributed by atoms with Gasteiger partial charge in [-0.3, -0.25) is 5.32 Å². The predicted octanol–water partition coefficient (Wildman–Crippen LogP) is 3.51. The molecule has 1 aromatic carbocycles. The Labute approximate surface area is 125 Å². The molecule has 0 radical (unpaired) electrons. The molecule has 1 aromatic rings. The standard InChI is InChI=1S/C16H22ClNO2/c1-4-20-15(19)16(12-5-6-12,18-11(2)3)13-7-9-14(17)10-8-13/h7-12,18H,4-6H2,1-3H3. The highest BCUT2D eigenvalue weighted by Crippen LogP contribution is 2.47. The van der Waals surface area contributed by atoms with Crippen LogP contribution in [-0.2, 0) is 15.1 Å². The Kier molecular flexibility index (Phi) is 4.71. The number of hydrogen-bond donors (Lipinski definition) is 1. The molecule has 0 heterocycles. The van der Waals surface area contributed by atoms with Crippen molar-refractivity contribution < 1.29 is 9.53 Å². The normalized spacial score (nSPS) is 17.9. The molecule has 1 saturated carbocycles. The molecule has 0 aliphatic heterocycles. The Bertz CT molecular complexity index is 468. The molecule has 2 rings (SSSR count). The molecule has 0 aromatic heterocycles. The highest BCUT2D eigenvalue weighted by molar-refractivity contribution is 6.30. The minimum absolute atomic E-state index is 0.182. The zero-order valence-electron chi connectivity index (χ0n) is 12.3. The lowest BCUT2D eigenvalue weighted by atomic mass is 9.84. The van der Waals surface area contributed by atoms with Crippen LogP contribution in [0.5, 0.6) is 0 Å². The number of nitrogens with one attached hydrogen (secondary N) is 1. The van der Waals surface area contributed by atoms with E-state index in [1.54, 1.807) is 0 Å². The molecule has 0 saturated heterocycles. The van der Waals surface area contributed by atoms with Crippen molar-refractivity contribution in [3.8, 4) is 0 Å². The van der Waals surface area contributed by atoms with E-state index < -0.39 is 5.54 Å². The Balaban J connectivity index is 2.44. The van der Waals surface area contributed by atoms with Crippen LogP contribution in [0.15, 0.2) is 24.3 Å². The molecule has 0 amide bonds. The lowest BCUT2D eigenvalue weighted by Crippen LogP contribution is -2.54. The van der Waals surface area contributed by atoms with Gasteiger partial charge in [0.1, 0.15) is 5.54 Å². The molecular formula is C16H22ClNO2. The van der Waals surface area contributed by atoms with Gasteiger partial charge in [-0.05, 0) is 57.2 Å². The van der Waals surface area contributed by atoms with Crippen LogP contribution in [0.4, 0.5) is 0 Å². The first kappa shape index (κ1) is 15.3. The minimum atomic E-state index is -0.741. The third-order valence-electron chi connectivity index (χ3n) is 3.60. The summed E-state index contributed by atoms with van der Waals surface area (Å²) in [6, 6.07) is 7.69. The Hall–Kier alpha value is -1.06. The largest absolute Gasteiger partial charge is 0.464 e. The minimum Gasteiger partial charge on any atom is -0.464 e. The van der Waals surface area contributed by atoms with Gasteiger partial charge in [0.15, 0.2) is 0 Å². The van der Waals surface area contributed by atoms with Crippen molar-refractivity contribution in [2.24, 2.45) is 5.92 Å². The van der Waals surface area contributed by atoms with Gasteiger partial charge in [-0.1, -0.05) is 23.7 Å². The molecule has 20 heavy (non-hydrogen) atoms. The van der Waals surface area contributed by atoms with Crippen molar-refractivity contribution in [3.05, 3.63) is 34.9 Å². The first-order valence-corrected chi connectivity index (χ1v) is 7.59. The average Bonchev–Trinajstić information content (AvgIpc) is 3.21. The molecule has 1 aliphatic rings. The van der Waals surface area contributed by atoms with Crippen LogP contribution in [0.3, 0.4) is 0 Å². The predicted molar refractivity (Wildman–Crippen MR) is 80.8 cm³/mol. The zero-order valence-corrected chi connectivity index (χ0v) is 13.0. The molecule has 110 valence electrons. The highest BCUT2D eigenvalue weighted by Gasteiger charge is 2.53. The molecular weight excluding hydrogens is 274 g/mol. The van der Waals surface area contributed by atoms with Crippen LogP contribution < -0.4 is 5.32 Å². The summed E-state index contributed by atoms with van der Waals surface area (Å²) in [5.74, 6) is 0.114. The lowest BCUT2D eigenvalue weighted by Gasteiger charge is -2.35. The van der Waals surface area contributed by atoms with Gasteiger partial charge in [0.2, 0.25) is 0 Å². The third kappa shape index (κ3) is 2.99. The SMILES string of the molecule is CCOC(=O)C(NC(C)C)(c1ccc(Cl)cc1)C1CC1. The number of carbonyl (C=O) groups is 1. The van der Waals surface area contributed by atoms with Crippen molar-refractivity contribution in [1.82, 2.24) is 5.32 Å². The fourth-order valence-corrected chi connectivity index (χ4v) is 2.84. The van der Waals surface area contributed by atoms with Crippen molar-refractivity contribution in [2.45, 2.75) is 45.2 Å². The molecule has 0 bridgehead atoms. The number of hydrogen-bond acceptors (Lipinski definition) is 3. The van der Waals surface area contributed by atoms with E-state index in [1.807, 2.05) is 45.0 Å². The molecule has 1 fully saturated rings. The van der Waals surface area contributed by atoms with Gasteiger partial charge in [-0.2, -0.15) is 0 Å². The van der Waals surface area contributed by atoms with Crippen LogP contribution in [-0.4, -0.2) is 18.6 Å². The van der Waals surface area contributed by atoms with Crippen LogP contribution in [0.1, 0.15) is 39.2 Å². The number of ether oxygens (including phenoxy) is 1. The number of carbonyl (C=O) groups excluding carboxylic acids is 1. The maximum absolute atomic E-state index is 12.6. The summed E-state index contributed by atoms with van der Waals surface area (Å²) >= 11 is 5.97. The first-order chi connectivity index (χ1) is 9.50. The van der Waals surface area contributed by atoms with E-state index in [4.69, 9.17) is 16.3 Å². The summed E-state index contributed by atoms with van der Waals surface area (Å²) in [4.78, 5) is 12.6. The summed E-state index contributed by atoms with van der Waals surface area (Å²) in [7, 11) is 0. The van der Waals surface area contributed by atoms with Gasteiger partial charge in [0.25, 0.3) is 0 Å². The highest BCUT2D eigenvalue weighted by atomic mass is 35.5. The van der Waals surface area contributed by atoms with E-state index in [-0.39, 0.29) is 12.0 Å². The third-order valence-corrected chi connectivity index (χ3v) is 3.86. The second-order valence-corrected chi connectivity index (χ2v) is 6.05. The summed E-state index contributed by atoms with van der Waals surface area (Å²) in [5, 5.41) is 4.13. The van der Waals surface area contributed by atoms with Crippen LogP contribution in [0.2, 0.25) is 5.02 Å². The van der Waals surface area contributed by atoms with E-state index in [1.165, 1.54) is 0 Å². The van der Waals surface area contributed by atoms with Crippen LogP contribution >= 0.6 is 11.6 Å². The first-order valence-electron chi connectivity index (χ1n) is 7.21. The summed E-state index contributed by atoms with van der Waals surface area (Å²) < 4.78 is 5.36.